The molecule has 4 amide bonds. The lowest BCUT2D eigenvalue weighted by Crippen LogP contribution is -2.34. The Balaban J connectivity index is 0.000000215. The molecule has 41 heavy (non-hydrogen) atoms. The van der Waals surface area contributed by atoms with E-state index in [0.29, 0.717) is 0 Å². The fourth-order valence-corrected chi connectivity index (χ4v) is 5.00. The van der Waals surface area contributed by atoms with E-state index in [-0.39, 0.29) is 9.79 Å². The molecule has 0 heterocycles. The normalized spacial score (nSPS) is 10.6. The van der Waals surface area contributed by atoms with Gasteiger partial charge >= 0.3 is 12.1 Å². The van der Waals surface area contributed by atoms with Crippen molar-refractivity contribution in [3.8, 4) is 0 Å². The van der Waals surface area contributed by atoms with Crippen molar-refractivity contribution in [1.82, 2.24) is 9.44 Å². The molecule has 0 atom stereocenters. The summed E-state index contributed by atoms with van der Waals surface area (Å²) in [6.45, 7) is 3.66. The van der Waals surface area contributed by atoms with E-state index >= 15 is 0 Å². The summed E-state index contributed by atoms with van der Waals surface area (Å²) in [6, 6.07) is 31.0. The van der Waals surface area contributed by atoms with Crippen molar-refractivity contribution in [3.63, 3.8) is 0 Å². The quantitative estimate of drug-likeness (QED) is 0.261. The Bertz CT molecular complexity index is 1500. The summed E-state index contributed by atoms with van der Waals surface area (Å²) in [5.41, 5.74) is 14.0. The van der Waals surface area contributed by atoms with Gasteiger partial charge in [-0.3, -0.25) is 0 Å². The van der Waals surface area contributed by atoms with Gasteiger partial charge in [0.2, 0.25) is 0 Å². The largest absolute Gasteiger partial charge is 0.351 e. The molecule has 0 radical (unpaired) electrons. The van der Waals surface area contributed by atoms with Crippen LogP contribution in [0.2, 0.25) is 0 Å². The van der Waals surface area contributed by atoms with Gasteiger partial charge < -0.3 is 11.5 Å². The summed E-state index contributed by atoms with van der Waals surface area (Å²) < 4.78 is 48.7. The number of carbonyl (C=O) groups excluding carboxylic acids is 2. The van der Waals surface area contributed by atoms with E-state index < -0.39 is 32.1 Å². The number of hydrogen-bond donors (Lipinski definition) is 4. The standard InChI is InChI=1S/C13H12.2C8H10N2O3S/c1-3-7-12(8-4-1)11-13-9-5-2-6-10-13;2*1-6-2-4-7(5-3-6)14(12,13)10-8(9)11/h1-10H,11H2;2*2-5H,1H3,(H3,9,10,11). The maximum absolute atomic E-state index is 11.3. The Kier molecular flexibility index (Phi) is 12.1. The fourth-order valence-electron chi connectivity index (χ4n) is 3.24. The van der Waals surface area contributed by atoms with E-state index in [2.05, 4.69) is 60.7 Å². The molecule has 0 saturated heterocycles. The van der Waals surface area contributed by atoms with Crippen LogP contribution >= 0.6 is 0 Å². The molecule has 0 saturated carbocycles. The number of rotatable bonds is 6. The molecule has 0 spiro atoms. The molecule has 0 aliphatic heterocycles. The van der Waals surface area contributed by atoms with E-state index in [1.54, 1.807) is 33.7 Å². The highest BCUT2D eigenvalue weighted by molar-refractivity contribution is 7.90. The molecule has 6 N–H and O–H groups in total. The monoisotopic (exact) mass is 596 g/mol. The van der Waals surface area contributed by atoms with E-state index in [1.165, 1.54) is 35.4 Å². The van der Waals surface area contributed by atoms with Gasteiger partial charge in [-0.25, -0.2) is 35.9 Å². The van der Waals surface area contributed by atoms with Gasteiger partial charge in [0.25, 0.3) is 20.0 Å². The first kappa shape index (κ1) is 32.5. The van der Waals surface area contributed by atoms with Crippen molar-refractivity contribution in [3.05, 3.63) is 131 Å². The number of aryl methyl sites for hydroxylation is 2. The number of hydrogen-bond acceptors (Lipinski definition) is 6. The Morgan fingerprint density at radius 1 is 0.537 bits per heavy atom. The van der Waals surface area contributed by atoms with E-state index in [9.17, 15) is 26.4 Å². The molecule has 0 fully saturated rings. The maximum atomic E-state index is 11.3. The van der Waals surface area contributed by atoms with Crippen molar-refractivity contribution in [2.45, 2.75) is 30.1 Å². The van der Waals surface area contributed by atoms with Crippen LogP contribution in [0.25, 0.3) is 0 Å². The predicted octanol–water partition coefficient (Wildman–Crippen LogP) is 3.98. The van der Waals surface area contributed by atoms with Crippen LogP contribution in [0.15, 0.2) is 119 Å². The van der Waals surface area contributed by atoms with Crippen LogP contribution in [0, 0.1) is 13.8 Å². The third-order valence-electron chi connectivity index (χ3n) is 5.23. The second-order valence-corrected chi connectivity index (χ2v) is 12.1. The average Bonchev–Trinajstić information content (AvgIpc) is 2.90. The van der Waals surface area contributed by atoms with Crippen LogP contribution < -0.4 is 20.9 Å². The lowest BCUT2D eigenvalue weighted by molar-refractivity contribution is 0.252. The Morgan fingerprint density at radius 3 is 1.10 bits per heavy atom. The molecule has 216 valence electrons. The third kappa shape index (κ3) is 11.9. The number of amides is 4. The predicted molar refractivity (Wildman–Crippen MR) is 158 cm³/mol. The molecular formula is C29H32N4O6S2. The number of carbonyl (C=O) groups is 2. The SMILES string of the molecule is Cc1ccc(S(=O)(=O)NC(N)=O)cc1.Cc1ccc(S(=O)(=O)NC(N)=O)cc1.c1ccc(Cc2ccccc2)cc1. The Hall–Kier alpha value is -4.68. The zero-order valence-electron chi connectivity index (χ0n) is 22.5. The summed E-state index contributed by atoms with van der Waals surface area (Å²) in [6.07, 6.45) is 1.03. The van der Waals surface area contributed by atoms with Gasteiger partial charge in [-0.2, -0.15) is 0 Å². The second-order valence-electron chi connectivity index (χ2n) is 8.71. The molecule has 4 rings (SSSR count). The highest BCUT2D eigenvalue weighted by atomic mass is 32.2. The summed E-state index contributed by atoms with van der Waals surface area (Å²) in [7, 11) is -7.60. The van der Waals surface area contributed by atoms with Crippen LogP contribution in [-0.2, 0) is 26.5 Å². The summed E-state index contributed by atoms with van der Waals surface area (Å²) in [4.78, 5) is 20.8. The lowest BCUT2D eigenvalue weighted by atomic mass is 10.1. The number of benzene rings is 4. The molecule has 0 aromatic heterocycles. The van der Waals surface area contributed by atoms with Crippen LogP contribution in [0.5, 0.6) is 0 Å². The minimum atomic E-state index is -3.80. The molecule has 0 unspecified atom stereocenters. The summed E-state index contributed by atoms with van der Waals surface area (Å²) in [5, 5.41) is 0. The number of primary amides is 2. The van der Waals surface area contributed by atoms with Crippen molar-refractivity contribution < 1.29 is 26.4 Å². The van der Waals surface area contributed by atoms with Gasteiger partial charge in [0.05, 0.1) is 9.79 Å². The molecular weight excluding hydrogens is 564 g/mol. The maximum Gasteiger partial charge on any atom is 0.326 e. The molecule has 0 aliphatic rings. The highest BCUT2D eigenvalue weighted by Crippen LogP contribution is 2.10. The smallest absolute Gasteiger partial charge is 0.326 e. The minimum absolute atomic E-state index is 0.0156. The zero-order valence-corrected chi connectivity index (χ0v) is 24.2. The number of nitrogens with one attached hydrogen (secondary N) is 2. The van der Waals surface area contributed by atoms with Crippen LogP contribution in [0.3, 0.4) is 0 Å². The van der Waals surface area contributed by atoms with Crippen molar-refractivity contribution in [1.29, 1.82) is 0 Å². The number of sulfonamides is 2. The first-order valence-corrected chi connectivity index (χ1v) is 15.1. The van der Waals surface area contributed by atoms with Gasteiger partial charge in [-0.1, -0.05) is 96.1 Å². The summed E-state index contributed by atoms with van der Waals surface area (Å²) in [5.74, 6) is 0. The number of urea groups is 2. The van der Waals surface area contributed by atoms with Crippen molar-refractivity contribution in [2.75, 3.05) is 0 Å². The third-order valence-corrected chi connectivity index (χ3v) is 7.95. The lowest BCUT2D eigenvalue weighted by Gasteiger charge is -2.03. The first-order chi connectivity index (χ1) is 19.3. The van der Waals surface area contributed by atoms with Crippen LogP contribution in [-0.4, -0.2) is 28.9 Å². The van der Waals surface area contributed by atoms with Gasteiger partial charge in [0.1, 0.15) is 0 Å². The first-order valence-electron chi connectivity index (χ1n) is 12.1. The molecule has 0 bridgehead atoms. The average molecular weight is 597 g/mol. The van der Waals surface area contributed by atoms with E-state index in [0.717, 1.165) is 17.5 Å². The minimum Gasteiger partial charge on any atom is -0.351 e. The molecule has 0 aliphatic carbocycles. The van der Waals surface area contributed by atoms with E-state index in [1.807, 2.05) is 13.8 Å². The summed E-state index contributed by atoms with van der Waals surface area (Å²) >= 11 is 0. The molecule has 4 aromatic carbocycles. The van der Waals surface area contributed by atoms with E-state index in [4.69, 9.17) is 11.5 Å². The van der Waals surface area contributed by atoms with Gasteiger partial charge in [-0.05, 0) is 55.7 Å². The Morgan fingerprint density at radius 2 is 0.829 bits per heavy atom. The second kappa shape index (κ2) is 15.2. The number of nitrogens with two attached hydrogens (primary N) is 2. The van der Waals surface area contributed by atoms with Gasteiger partial charge in [0.15, 0.2) is 0 Å². The topological polar surface area (TPSA) is 179 Å². The van der Waals surface area contributed by atoms with Crippen LogP contribution in [0.1, 0.15) is 22.3 Å². The van der Waals surface area contributed by atoms with Crippen molar-refractivity contribution >= 4 is 32.1 Å². The Labute approximate surface area is 240 Å². The molecule has 4 aromatic rings. The van der Waals surface area contributed by atoms with Crippen LogP contribution in [0.4, 0.5) is 9.59 Å². The zero-order chi connectivity index (χ0) is 30.5. The highest BCUT2D eigenvalue weighted by Gasteiger charge is 2.15. The van der Waals surface area contributed by atoms with Gasteiger partial charge in [0, 0.05) is 0 Å². The molecule has 12 heteroatoms. The van der Waals surface area contributed by atoms with Crippen molar-refractivity contribution in [2.24, 2.45) is 11.5 Å². The fraction of sp³-hybridized carbons (Fsp3) is 0.103. The molecule has 10 nitrogen and oxygen atoms in total. The van der Waals surface area contributed by atoms with Gasteiger partial charge in [-0.15, -0.1) is 0 Å².